The highest BCUT2D eigenvalue weighted by Crippen LogP contribution is 2.03. The molecule has 0 N–H and O–H groups in total. The summed E-state index contributed by atoms with van der Waals surface area (Å²) in [5, 5.41) is 0. The molecule has 0 aliphatic heterocycles. The first-order valence-corrected chi connectivity index (χ1v) is 5.02. The highest BCUT2D eigenvalue weighted by atomic mass is 16.5. The van der Waals surface area contributed by atoms with E-state index in [4.69, 9.17) is 4.74 Å². The molecule has 0 saturated carbocycles. The summed E-state index contributed by atoms with van der Waals surface area (Å²) in [5.41, 5.74) is 0.905. The van der Waals surface area contributed by atoms with Crippen molar-refractivity contribution in [2.24, 2.45) is 0 Å². The fourth-order valence-electron chi connectivity index (χ4n) is 1.11. The van der Waals surface area contributed by atoms with Gasteiger partial charge in [0.15, 0.2) is 0 Å². The van der Waals surface area contributed by atoms with Crippen molar-refractivity contribution < 1.29 is 14.3 Å². The number of hydrogen-bond acceptors (Lipinski definition) is 4. The van der Waals surface area contributed by atoms with E-state index in [1.165, 1.54) is 0 Å². The van der Waals surface area contributed by atoms with E-state index in [1.54, 1.807) is 37.3 Å². The molecule has 0 unspecified atom stereocenters. The minimum atomic E-state index is -0.437. The molecule has 4 nitrogen and oxygen atoms in total. The molecule has 0 bridgehead atoms. The van der Waals surface area contributed by atoms with Gasteiger partial charge in [-0.15, -0.1) is 0 Å². The lowest BCUT2D eigenvalue weighted by Gasteiger charge is -2.01. The Morgan fingerprint density at radius 3 is 3.00 bits per heavy atom. The number of pyridine rings is 1. The Labute approximate surface area is 94.0 Å². The quantitative estimate of drug-likeness (QED) is 0.560. The number of ether oxygens (including phenoxy) is 1. The summed E-state index contributed by atoms with van der Waals surface area (Å²) in [6, 6.07) is 5.07. The average Bonchev–Trinajstić information content (AvgIpc) is 2.30. The monoisotopic (exact) mass is 219 g/mol. The standard InChI is InChI=1S/C12H13NO3/c1-2-16-12(15)11-8-5-7-10(13-11)6-3-4-9-14/h3,5-9H,2,4H2,1H3. The Hall–Kier alpha value is -1.97. The summed E-state index contributed by atoms with van der Waals surface area (Å²) < 4.78 is 4.83. The normalized spacial score (nSPS) is 10.3. The molecule has 0 amide bonds. The van der Waals surface area contributed by atoms with E-state index in [2.05, 4.69) is 4.98 Å². The molecule has 0 aliphatic rings. The summed E-state index contributed by atoms with van der Waals surface area (Å²) in [5.74, 6) is -0.437. The van der Waals surface area contributed by atoms with E-state index in [0.717, 1.165) is 6.29 Å². The zero-order valence-electron chi connectivity index (χ0n) is 9.05. The molecule has 0 saturated heterocycles. The summed E-state index contributed by atoms with van der Waals surface area (Å²) in [6.45, 7) is 2.07. The largest absolute Gasteiger partial charge is 0.461 e. The summed E-state index contributed by atoms with van der Waals surface area (Å²) in [6.07, 6.45) is 4.51. The van der Waals surface area contributed by atoms with Gasteiger partial charge < -0.3 is 9.53 Å². The second kappa shape index (κ2) is 6.50. The van der Waals surface area contributed by atoms with Gasteiger partial charge in [0.05, 0.1) is 12.3 Å². The number of hydrogen-bond donors (Lipinski definition) is 0. The molecule has 84 valence electrons. The third-order valence-electron chi connectivity index (χ3n) is 1.78. The molecule has 0 fully saturated rings. The first kappa shape index (κ1) is 12.1. The molecular formula is C12H13NO3. The number of allylic oxidation sites excluding steroid dienone is 1. The van der Waals surface area contributed by atoms with Gasteiger partial charge >= 0.3 is 5.97 Å². The fourth-order valence-corrected chi connectivity index (χ4v) is 1.11. The lowest BCUT2D eigenvalue weighted by molar-refractivity contribution is -0.107. The maximum Gasteiger partial charge on any atom is 0.356 e. The smallest absolute Gasteiger partial charge is 0.356 e. The minimum absolute atomic E-state index is 0.273. The minimum Gasteiger partial charge on any atom is -0.461 e. The highest BCUT2D eigenvalue weighted by molar-refractivity contribution is 5.87. The topological polar surface area (TPSA) is 56.3 Å². The van der Waals surface area contributed by atoms with Crippen molar-refractivity contribution in [3.05, 3.63) is 35.7 Å². The van der Waals surface area contributed by atoms with Crippen LogP contribution in [0.25, 0.3) is 6.08 Å². The van der Waals surface area contributed by atoms with Crippen LogP contribution in [-0.4, -0.2) is 23.8 Å². The molecule has 16 heavy (non-hydrogen) atoms. The highest BCUT2D eigenvalue weighted by Gasteiger charge is 2.07. The number of carbonyl (C=O) groups excluding carboxylic acids is 2. The molecule has 0 aliphatic carbocycles. The number of esters is 1. The third-order valence-corrected chi connectivity index (χ3v) is 1.78. The Morgan fingerprint density at radius 2 is 2.31 bits per heavy atom. The van der Waals surface area contributed by atoms with Crippen LogP contribution in [0, 0.1) is 0 Å². The van der Waals surface area contributed by atoms with E-state index >= 15 is 0 Å². The van der Waals surface area contributed by atoms with Crippen LogP contribution in [0.5, 0.6) is 0 Å². The molecule has 1 aromatic rings. The summed E-state index contributed by atoms with van der Waals surface area (Å²) in [7, 11) is 0. The van der Waals surface area contributed by atoms with Crippen LogP contribution in [0.2, 0.25) is 0 Å². The van der Waals surface area contributed by atoms with Crippen molar-refractivity contribution in [3.63, 3.8) is 0 Å². The van der Waals surface area contributed by atoms with Crippen molar-refractivity contribution in [2.75, 3.05) is 6.61 Å². The van der Waals surface area contributed by atoms with Crippen molar-refractivity contribution in [3.8, 4) is 0 Å². The van der Waals surface area contributed by atoms with Crippen LogP contribution >= 0.6 is 0 Å². The first-order valence-electron chi connectivity index (χ1n) is 5.02. The number of nitrogens with zero attached hydrogens (tertiary/aromatic N) is 1. The van der Waals surface area contributed by atoms with Gasteiger partial charge in [-0.3, -0.25) is 0 Å². The Balaban J connectivity index is 2.78. The second-order valence-corrected chi connectivity index (χ2v) is 2.97. The van der Waals surface area contributed by atoms with Crippen LogP contribution in [-0.2, 0) is 9.53 Å². The van der Waals surface area contributed by atoms with Crippen molar-refractivity contribution in [1.82, 2.24) is 4.98 Å². The van der Waals surface area contributed by atoms with Gasteiger partial charge in [-0.2, -0.15) is 0 Å². The SMILES string of the molecule is CCOC(=O)c1cccc(C=CCC=O)n1. The van der Waals surface area contributed by atoms with Crippen molar-refractivity contribution in [1.29, 1.82) is 0 Å². The van der Waals surface area contributed by atoms with E-state index in [1.807, 2.05) is 0 Å². The maximum atomic E-state index is 11.4. The number of aromatic nitrogens is 1. The predicted octanol–water partition coefficient (Wildman–Crippen LogP) is 1.86. The molecule has 4 heteroatoms. The molecule has 0 atom stereocenters. The zero-order valence-corrected chi connectivity index (χ0v) is 9.05. The Bertz CT molecular complexity index is 399. The molecule has 0 spiro atoms. The maximum absolute atomic E-state index is 11.4. The molecule has 0 aromatic carbocycles. The summed E-state index contributed by atoms with van der Waals surface area (Å²) in [4.78, 5) is 25.6. The van der Waals surface area contributed by atoms with Crippen LogP contribution in [0.15, 0.2) is 24.3 Å². The predicted molar refractivity (Wildman–Crippen MR) is 59.9 cm³/mol. The molecular weight excluding hydrogens is 206 g/mol. The van der Waals surface area contributed by atoms with Crippen LogP contribution < -0.4 is 0 Å². The van der Waals surface area contributed by atoms with Gasteiger partial charge in [0, 0.05) is 6.42 Å². The lowest BCUT2D eigenvalue weighted by Crippen LogP contribution is -2.07. The first-order chi connectivity index (χ1) is 7.77. The average molecular weight is 219 g/mol. The fraction of sp³-hybridized carbons (Fsp3) is 0.250. The lowest BCUT2D eigenvalue weighted by atomic mass is 10.2. The van der Waals surface area contributed by atoms with E-state index in [9.17, 15) is 9.59 Å². The van der Waals surface area contributed by atoms with Gasteiger partial charge in [0.2, 0.25) is 0 Å². The van der Waals surface area contributed by atoms with E-state index in [-0.39, 0.29) is 5.69 Å². The summed E-state index contributed by atoms with van der Waals surface area (Å²) >= 11 is 0. The van der Waals surface area contributed by atoms with Gasteiger partial charge in [0.1, 0.15) is 12.0 Å². The van der Waals surface area contributed by atoms with Crippen molar-refractivity contribution in [2.45, 2.75) is 13.3 Å². The Kier molecular flexibility index (Phi) is 4.92. The van der Waals surface area contributed by atoms with E-state index < -0.39 is 5.97 Å². The van der Waals surface area contributed by atoms with Crippen LogP contribution in [0.3, 0.4) is 0 Å². The van der Waals surface area contributed by atoms with Crippen molar-refractivity contribution >= 4 is 18.3 Å². The third kappa shape index (κ3) is 3.65. The van der Waals surface area contributed by atoms with Gasteiger partial charge in [0.25, 0.3) is 0 Å². The molecule has 1 heterocycles. The van der Waals surface area contributed by atoms with Crippen LogP contribution in [0.4, 0.5) is 0 Å². The Morgan fingerprint density at radius 1 is 1.50 bits per heavy atom. The zero-order chi connectivity index (χ0) is 11.8. The van der Waals surface area contributed by atoms with Crippen LogP contribution in [0.1, 0.15) is 29.5 Å². The number of rotatable bonds is 5. The molecule has 1 rings (SSSR count). The molecule has 0 radical (unpaired) electrons. The van der Waals surface area contributed by atoms with Gasteiger partial charge in [-0.25, -0.2) is 9.78 Å². The van der Waals surface area contributed by atoms with Gasteiger partial charge in [-0.05, 0) is 25.1 Å². The van der Waals surface area contributed by atoms with E-state index in [0.29, 0.717) is 18.7 Å². The number of aldehydes is 1. The number of carbonyl (C=O) groups is 2. The van der Waals surface area contributed by atoms with Gasteiger partial charge in [-0.1, -0.05) is 12.1 Å². The molecule has 1 aromatic heterocycles. The second-order valence-electron chi connectivity index (χ2n) is 2.97.